The molecule has 0 atom stereocenters. The van der Waals surface area contributed by atoms with Crippen LogP contribution in [0.5, 0.6) is 0 Å². The van der Waals surface area contributed by atoms with Gasteiger partial charge in [-0.15, -0.1) is 0 Å². The minimum Gasteiger partial charge on any atom is -0.345 e. The minimum absolute atomic E-state index is 0.108. The molecule has 1 aliphatic rings. The molecule has 0 heterocycles. The fourth-order valence-electron chi connectivity index (χ4n) is 2.44. The van der Waals surface area contributed by atoms with Crippen LogP contribution in [0.4, 0.5) is 0 Å². The molecule has 0 unspecified atom stereocenters. The van der Waals surface area contributed by atoms with E-state index < -0.39 is 11.8 Å². The Bertz CT molecular complexity index is 535. The largest absolute Gasteiger partial charge is 0.345 e. The summed E-state index contributed by atoms with van der Waals surface area (Å²) in [5.74, 6) is -1.34. The predicted molar refractivity (Wildman–Crippen MR) is 89.5 cm³/mol. The number of carbonyl (C=O) groups excluding carboxylic acids is 2. The SMILES string of the molecule is O=C(N/N=C\c1ccc(Br)cc1)C(=O)NC1CCCCCC1. The van der Waals surface area contributed by atoms with Crippen LogP contribution in [0.25, 0.3) is 0 Å². The lowest BCUT2D eigenvalue weighted by atomic mass is 10.1. The zero-order valence-electron chi connectivity index (χ0n) is 12.3. The third-order valence-electron chi connectivity index (χ3n) is 3.65. The van der Waals surface area contributed by atoms with Crippen LogP contribution in [0.3, 0.4) is 0 Å². The molecule has 1 fully saturated rings. The van der Waals surface area contributed by atoms with Gasteiger partial charge in [0.05, 0.1) is 6.21 Å². The second-order valence-electron chi connectivity index (χ2n) is 5.41. The van der Waals surface area contributed by atoms with Gasteiger partial charge in [-0.05, 0) is 30.5 Å². The van der Waals surface area contributed by atoms with Crippen LogP contribution in [0.2, 0.25) is 0 Å². The van der Waals surface area contributed by atoms with Crippen molar-refractivity contribution in [2.45, 2.75) is 44.6 Å². The quantitative estimate of drug-likeness (QED) is 0.374. The van der Waals surface area contributed by atoms with Gasteiger partial charge in [0.1, 0.15) is 0 Å². The van der Waals surface area contributed by atoms with E-state index in [2.05, 4.69) is 31.8 Å². The summed E-state index contributed by atoms with van der Waals surface area (Å²) < 4.78 is 0.969. The molecule has 1 saturated carbocycles. The summed E-state index contributed by atoms with van der Waals surface area (Å²) in [5.41, 5.74) is 3.10. The van der Waals surface area contributed by atoms with E-state index >= 15 is 0 Å². The maximum Gasteiger partial charge on any atom is 0.329 e. The Kier molecular flexibility index (Phi) is 6.58. The standard InChI is InChI=1S/C16H20BrN3O2/c17-13-9-7-12(8-10-13)11-18-20-16(22)15(21)19-14-5-3-1-2-4-6-14/h7-11,14H,1-6H2,(H,19,21)(H,20,22)/b18-11-. The topological polar surface area (TPSA) is 70.6 Å². The number of nitrogens with one attached hydrogen (secondary N) is 2. The van der Waals surface area contributed by atoms with Crippen molar-refractivity contribution in [1.29, 1.82) is 0 Å². The van der Waals surface area contributed by atoms with Gasteiger partial charge in [0.15, 0.2) is 0 Å². The van der Waals surface area contributed by atoms with Crippen molar-refractivity contribution in [3.05, 3.63) is 34.3 Å². The van der Waals surface area contributed by atoms with Crippen molar-refractivity contribution in [3.63, 3.8) is 0 Å². The highest BCUT2D eigenvalue weighted by Gasteiger charge is 2.19. The van der Waals surface area contributed by atoms with Crippen molar-refractivity contribution < 1.29 is 9.59 Å². The molecule has 0 aromatic heterocycles. The number of halogens is 1. The summed E-state index contributed by atoms with van der Waals surface area (Å²) in [4.78, 5) is 23.5. The summed E-state index contributed by atoms with van der Waals surface area (Å²) in [6, 6.07) is 7.57. The van der Waals surface area contributed by atoms with Crippen molar-refractivity contribution >= 4 is 34.0 Å². The van der Waals surface area contributed by atoms with Gasteiger partial charge in [0.2, 0.25) is 0 Å². The first kappa shape index (κ1) is 16.7. The first-order valence-electron chi connectivity index (χ1n) is 7.54. The van der Waals surface area contributed by atoms with E-state index in [1.807, 2.05) is 24.3 Å². The molecule has 118 valence electrons. The van der Waals surface area contributed by atoms with E-state index in [1.54, 1.807) is 0 Å². The average Bonchev–Trinajstić information content (AvgIpc) is 2.77. The van der Waals surface area contributed by atoms with Gasteiger partial charge in [0.25, 0.3) is 0 Å². The molecule has 1 aliphatic carbocycles. The molecule has 2 amide bonds. The highest BCUT2D eigenvalue weighted by Crippen LogP contribution is 2.17. The lowest BCUT2D eigenvalue weighted by molar-refractivity contribution is -0.139. The molecule has 0 aliphatic heterocycles. The first-order valence-corrected chi connectivity index (χ1v) is 8.34. The molecule has 0 saturated heterocycles. The van der Waals surface area contributed by atoms with Crippen LogP contribution in [-0.4, -0.2) is 24.1 Å². The Morgan fingerprint density at radius 1 is 1.05 bits per heavy atom. The van der Waals surface area contributed by atoms with E-state index in [0.29, 0.717) is 0 Å². The van der Waals surface area contributed by atoms with Crippen molar-refractivity contribution in [3.8, 4) is 0 Å². The average molecular weight is 366 g/mol. The normalized spacial score (nSPS) is 16.2. The van der Waals surface area contributed by atoms with Gasteiger partial charge in [0, 0.05) is 10.5 Å². The molecular weight excluding hydrogens is 346 g/mol. The molecule has 1 aromatic rings. The number of amides is 2. The monoisotopic (exact) mass is 365 g/mol. The number of hydrogen-bond acceptors (Lipinski definition) is 3. The predicted octanol–water partition coefficient (Wildman–Crippen LogP) is 2.74. The third-order valence-corrected chi connectivity index (χ3v) is 4.18. The molecule has 2 N–H and O–H groups in total. The van der Waals surface area contributed by atoms with Crippen LogP contribution in [0.15, 0.2) is 33.8 Å². The Morgan fingerprint density at radius 2 is 1.68 bits per heavy atom. The highest BCUT2D eigenvalue weighted by atomic mass is 79.9. The summed E-state index contributed by atoms with van der Waals surface area (Å²) in [7, 11) is 0. The number of rotatable bonds is 3. The smallest absolute Gasteiger partial charge is 0.329 e. The Labute approximate surface area is 138 Å². The molecule has 1 aromatic carbocycles. The van der Waals surface area contributed by atoms with E-state index in [4.69, 9.17) is 0 Å². The van der Waals surface area contributed by atoms with Crippen LogP contribution < -0.4 is 10.7 Å². The molecule has 5 nitrogen and oxygen atoms in total. The summed E-state index contributed by atoms with van der Waals surface area (Å²) in [6.07, 6.45) is 8.01. The number of nitrogens with zero attached hydrogens (tertiary/aromatic N) is 1. The Hall–Kier alpha value is -1.69. The maximum absolute atomic E-state index is 11.8. The number of hydrazone groups is 1. The van der Waals surface area contributed by atoms with Gasteiger partial charge < -0.3 is 5.32 Å². The number of carbonyl (C=O) groups is 2. The fraction of sp³-hybridized carbons (Fsp3) is 0.438. The summed E-state index contributed by atoms with van der Waals surface area (Å²) >= 11 is 3.34. The van der Waals surface area contributed by atoms with Crippen LogP contribution in [-0.2, 0) is 9.59 Å². The van der Waals surface area contributed by atoms with Gasteiger partial charge in [-0.1, -0.05) is 53.7 Å². The van der Waals surface area contributed by atoms with Crippen LogP contribution in [0, 0.1) is 0 Å². The van der Waals surface area contributed by atoms with Crippen LogP contribution >= 0.6 is 15.9 Å². The van der Waals surface area contributed by atoms with E-state index in [1.165, 1.54) is 19.1 Å². The number of hydrogen-bond donors (Lipinski definition) is 2. The van der Waals surface area contributed by atoms with Crippen molar-refractivity contribution in [1.82, 2.24) is 10.7 Å². The highest BCUT2D eigenvalue weighted by molar-refractivity contribution is 9.10. The number of benzene rings is 1. The zero-order chi connectivity index (χ0) is 15.8. The molecule has 22 heavy (non-hydrogen) atoms. The van der Waals surface area contributed by atoms with Gasteiger partial charge in [-0.25, -0.2) is 5.43 Å². The summed E-state index contributed by atoms with van der Waals surface area (Å²) in [5, 5.41) is 6.59. The van der Waals surface area contributed by atoms with E-state index in [-0.39, 0.29) is 6.04 Å². The molecule has 2 rings (SSSR count). The second-order valence-corrected chi connectivity index (χ2v) is 6.33. The summed E-state index contributed by atoms with van der Waals surface area (Å²) in [6.45, 7) is 0. The first-order chi connectivity index (χ1) is 10.6. The lowest BCUT2D eigenvalue weighted by Gasteiger charge is -2.14. The Morgan fingerprint density at radius 3 is 2.32 bits per heavy atom. The molecule has 0 radical (unpaired) electrons. The lowest BCUT2D eigenvalue weighted by Crippen LogP contribution is -2.43. The van der Waals surface area contributed by atoms with Crippen LogP contribution in [0.1, 0.15) is 44.1 Å². The Balaban J connectivity index is 1.78. The fourth-order valence-corrected chi connectivity index (χ4v) is 2.70. The molecule has 0 spiro atoms. The second kappa shape index (κ2) is 8.68. The molecule has 6 heteroatoms. The van der Waals surface area contributed by atoms with Gasteiger partial charge in [-0.3, -0.25) is 9.59 Å². The van der Waals surface area contributed by atoms with Gasteiger partial charge in [-0.2, -0.15) is 5.10 Å². The van der Waals surface area contributed by atoms with Crippen molar-refractivity contribution in [2.75, 3.05) is 0 Å². The molecule has 0 bridgehead atoms. The van der Waals surface area contributed by atoms with Crippen molar-refractivity contribution in [2.24, 2.45) is 5.10 Å². The molecular formula is C16H20BrN3O2. The third kappa shape index (κ3) is 5.60. The van der Waals surface area contributed by atoms with E-state index in [0.717, 1.165) is 35.7 Å². The van der Waals surface area contributed by atoms with Gasteiger partial charge >= 0.3 is 11.8 Å². The maximum atomic E-state index is 11.8. The van der Waals surface area contributed by atoms with E-state index in [9.17, 15) is 9.59 Å². The zero-order valence-corrected chi connectivity index (χ0v) is 13.9. The minimum atomic E-state index is -0.724.